The van der Waals surface area contributed by atoms with Crippen molar-refractivity contribution >= 4 is 17.5 Å². The lowest BCUT2D eigenvalue weighted by Gasteiger charge is -2.24. The van der Waals surface area contributed by atoms with Crippen LogP contribution >= 0.6 is 0 Å². The third-order valence-corrected chi connectivity index (χ3v) is 5.04. The summed E-state index contributed by atoms with van der Waals surface area (Å²) in [6.07, 6.45) is 2.83. The highest BCUT2D eigenvalue weighted by molar-refractivity contribution is 5.96. The van der Waals surface area contributed by atoms with E-state index in [4.69, 9.17) is 4.74 Å². The van der Waals surface area contributed by atoms with E-state index >= 15 is 0 Å². The lowest BCUT2D eigenvalue weighted by molar-refractivity contribution is -0.121. The van der Waals surface area contributed by atoms with Crippen LogP contribution in [0.5, 0.6) is 5.75 Å². The van der Waals surface area contributed by atoms with Crippen molar-refractivity contribution in [1.29, 1.82) is 0 Å². The Bertz CT molecular complexity index is 810. The van der Waals surface area contributed by atoms with Gasteiger partial charge in [-0.05, 0) is 55.2 Å². The molecule has 2 aromatic rings. The Morgan fingerprint density at radius 2 is 1.73 bits per heavy atom. The van der Waals surface area contributed by atoms with E-state index in [1.54, 1.807) is 24.3 Å². The molecular formula is C21H22N2O3. The Labute approximate surface area is 153 Å². The van der Waals surface area contributed by atoms with Gasteiger partial charge in [0.05, 0.1) is 5.92 Å². The number of amides is 2. The fourth-order valence-corrected chi connectivity index (χ4v) is 3.54. The molecule has 134 valence electrons. The number of hydrogen-bond acceptors (Lipinski definition) is 3. The Kier molecular flexibility index (Phi) is 4.61. The number of likely N-dealkylation sites (tertiary alicyclic amines) is 1. The normalized spacial score (nSPS) is 18.8. The minimum atomic E-state index is -0.212. The van der Waals surface area contributed by atoms with E-state index in [9.17, 15) is 9.59 Å². The highest BCUT2D eigenvalue weighted by Crippen LogP contribution is 2.27. The summed E-state index contributed by atoms with van der Waals surface area (Å²) in [6, 6.07) is 15.0. The van der Waals surface area contributed by atoms with Crippen molar-refractivity contribution < 1.29 is 14.3 Å². The molecule has 2 aromatic carbocycles. The Hall–Kier alpha value is -2.82. The number of hydrogen-bond donors (Lipinski definition) is 1. The number of rotatable bonds is 3. The zero-order chi connectivity index (χ0) is 17.9. The minimum absolute atomic E-state index is 0.0573. The van der Waals surface area contributed by atoms with Gasteiger partial charge in [0.15, 0.2) is 0 Å². The number of nitrogens with zero attached hydrogens (tertiary/aromatic N) is 1. The van der Waals surface area contributed by atoms with E-state index in [-0.39, 0.29) is 17.7 Å². The Morgan fingerprint density at radius 1 is 1.00 bits per heavy atom. The molecule has 0 bridgehead atoms. The number of benzene rings is 2. The number of nitrogens with one attached hydrogen (secondary N) is 1. The quantitative estimate of drug-likeness (QED) is 0.925. The van der Waals surface area contributed by atoms with Crippen molar-refractivity contribution in [3.63, 3.8) is 0 Å². The number of ether oxygens (including phenoxy) is 1. The first-order valence-corrected chi connectivity index (χ1v) is 9.11. The summed E-state index contributed by atoms with van der Waals surface area (Å²) >= 11 is 0. The zero-order valence-electron chi connectivity index (χ0n) is 14.6. The van der Waals surface area contributed by atoms with E-state index in [0.29, 0.717) is 24.3 Å². The molecule has 26 heavy (non-hydrogen) atoms. The van der Waals surface area contributed by atoms with Gasteiger partial charge in [0.2, 0.25) is 5.91 Å². The molecule has 1 saturated heterocycles. The van der Waals surface area contributed by atoms with Crippen LogP contribution < -0.4 is 10.1 Å². The average Bonchev–Trinajstić information content (AvgIpc) is 3.22. The van der Waals surface area contributed by atoms with Gasteiger partial charge in [-0.25, -0.2) is 0 Å². The number of anilines is 1. The largest absolute Gasteiger partial charge is 0.492 e. The molecule has 2 heterocycles. The summed E-state index contributed by atoms with van der Waals surface area (Å²) in [4.78, 5) is 26.8. The maximum atomic E-state index is 12.5. The molecule has 5 heteroatoms. The van der Waals surface area contributed by atoms with Gasteiger partial charge in [0, 0.05) is 24.3 Å². The van der Waals surface area contributed by atoms with Gasteiger partial charge in [-0.3, -0.25) is 9.59 Å². The smallest absolute Gasteiger partial charge is 0.253 e. The number of carbonyl (C=O) groups excluding carboxylic acids is 2. The van der Waals surface area contributed by atoms with E-state index in [0.717, 1.165) is 37.2 Å². The summed E-state index contributed by atoms with van der Waals surface area (Å²) < 4.78 is 5.69. The van der Waals surface area contributed by atoms with Gasteiger partial charge < -0.3 is 15.0 Å². The maximum Gasteiger partial charge on any atom is 0.253 e. The second-order valence-electron chi connectivity index (χ2n) is 6.89. The van der Waals surface area contributed by atoms with Crippen LogP contribution in [-0.4, -0.2) is 36.4 Å². The van der Waals surface area contributed by atoms with Crippen molar-refractivity contribution in [2.45, 2.75) is 19.3 Å². The van der Waals surface area contributed by atoms with Gasteiger partial charge in [-0.2, -0.15) is 0 Å². The fourth-order valence-electron chi connectivity index (χ4n) is 3.54. The van der Waals surface area contributed by atoms with Gasteiger partial charge in [-0.1, -0.05) is 18.2 Å². The molecule has 1 fully saturated rings. The van der Waals surface area contributed by atoms with Crippen molar-refractivity contribution in [2.24, 2.45) is 5.92 Å². The Morgan fingerprint density at radius 3 is 2.50 bits per heavy atom. The van der Waals surface area contributed by atoms with Gasteiger partial charge in [-0.15, -0.1) is 0 Å². The molecule has 2 aliphatic heterocycles. The van der Waals surface area contributed by atoms with Crippen LogP contribution in [0, 0.1) is 5.92 Å². The summed E-state index contributed by atoms with van der Waals surface area (Å²) in [5, 5.41) is 2.93. The first-order chi connectivity index (χ1) is 12.7. The topological polar surface area (TPSA) is 58.6 Å². The van der Waals surface area contributed by atoms with Crippen molar-refractivity contribution in [3.05, 3.63) is 59.7 Å². The molecule has 1 N–H and O–H groups in total. The molecule has 0 radical (unpaired) electrons. The van der Waals surface area contributed by atoms with Gasteiger partial charge >= 0.3 is 0 Å². The van der Waals surface area contributed by atoms with Crippen LogP contribution in [0.15, 0.2) is 48.5 Å². The van der Waals surface area contributed by atoms with Gasteiger partial charge in [0.25, 0.3) is 5.91 Å². The standard InChI is InChI=1S/C21H22N2O3/c24-20(17-13-16-5-1-2-6-19(16)26-14-17)22-18-9-7-15(8-10-18)21(25)23-11-3-4-12-23/h1-2,5-10,17H,3-4,11-14H2,(H,22,24). The van der Waals surface area contributed by atoms with Gasteiger partial charge in [0.1, 0.15) is 12.4 Å². The van der Waals surface area contributed by atoms with Crippen molar-refractivity contribution in [3.8, 4) is 5.75 Å². The molecule has 0 spiro atoms. The summed E-state index contributed by atoms with van der Waals surface area (Å²) in [7, 11) is 0. The molecule has 2 aliphatic rings. The van der Waals surface area contributed by atoms with E-state index in [2.05, 4.69) is 5.32 Å². The highest BCUT2D eigenvalue weighted by Gasteiger charge is 2.26. The maximum absolute atomic E-state index is 12.5. The van der Waals surface area contributed by atoms with E-state index in [1.165, 1.54) is 0 Å². The van der Waals surface area contributed by atoms with Crippen molar-refractivity contribution in [2.75, 3.05) is 25.0 Å². The predicted molar refractivity (Wildman–Crippen MR) is 99.3 cm³/mol. The molecule has 5 nitrogen and oxygen atoms in total. The number of carbonyl (C=O) groups is 2. The predicted octanol–water partition coefficient (Wildman–Crippen LogP) is 3.11. The lowest BCUT2D eigenvalue weighted by Crippen LogP contribution is -2.32. The molecule has 1 unspecified atom stereocenters. The summed E-state index contributed by atoms with van der Waals surface area (Å²) in [5.41, 5.74) is 2.43. The average molecular weight is 350 g/mol. The molecule has 4 rings (SSSR count). The van der Waals surface area contributed by atoms with Crippen LogP contribution in [0.1, 0.15) is 28.8 Å². The second-order valence-corrected chi connectivity index (χ2v) is 6.89. The summed E-state index contributed by atoms with van der Waals surface area (Å²) in [6.45, 7) is 2.05. The third kappa shape index (κ3) is 3.43. The molecule has 2 amide bonds. The van der Waals surface area contributed by atoms with Crippen LogP contribution in [0.2, 0.25) is 0 Å². The minimum Gasteiger partial charge on any atom is -0.492 e. The van der Waals surface area contributed by atoms with Crippen LogP contribution in [0.3, 0.4) is 0 Å². The van der Waals surface area contributed by atoms with Crippen molar-refractivity contribution in [1.82, 2.24) is 4.90 Å². The summed E-state index contributed by atoms with van der Waals surface area (Å²) in [5.74, 6) is 0.660. The second kappa shape index (κ2) is 7.20. The van der Waals surface area contributed by atoms with Crippen LogP contribution in [0.25, 0.3) is 0 Å². The first-order valence-electron chi connectivity index (χ1n) is 9.11. The SMILES string of the molecule is O=C(Nc1ccc(C(=O)N2CCCC2)cc1)C1COc2ccccc2C1. The fraction of sp³-hybridized carbons (Fsp3) is 0.333. The third-order valence-electron chi connectivity index (χ3n) is 5.04. The first kappa shape index (κ1) is 16.6. The lowest BCUT2D eigenvalue weighted by atomic mass is 9.96. The number of fused-ring (bicyclic) bond motifs is 1. The molecule has 0 saturated carbocycles. The Balaban J connectivity index is 1.38. The molecule has 0 aromatic heterocycles. The molecule has 0 aliphatic carbocycles. The molecular weight excluding hydrogens is 328 g/mol. The van der Waals surface area contributed by atoms with E-state index < -0.39 is 0 Å². The van der Waals surface area contributed by atoms with Crippen LogP contribution in [0.4, 0.5) is 5.69 Å². The highest BCUT2D eigenvalue weighted by atomic mass is 16.5. The molecule has 1 atom stereocenters. The number of para-hydroxylation sites is 1. The zero-order valence-corrected chi connectivity index (χ0v) is 14.6. The van der Waals surface area contributed by atoms with Crippen LogP contribution in [-0.2, 0) is 11.2 Å². The van der Waals surface area contributed by atoms with E-state index in [1.807, 2.05) is 29.2 Å². The monoisotopic (exact) mass is 350 g/mol.